The molecule has 0 heterocycles. The Morgan fingerprint density at radius 2 is 1.43 bits per heavy atom. The highest BCUT2D eigenvalue weighted by atomic mass is 32.2. The van der Waals surface area contributed by atoms with Crippen molar-refractivity contribution in [3.63, 3.8) is 0 Å². The lowest BCUT2D eigenvalue weighted by molar-refractivity contribution is -0.127. The zero-order valence-electron chi connectivity index (χ0n) is 17.2. The molecule has 0 bridgehead atoms. The molecule has 150 valence electrons. The number of rotatable bonds is 5. The summed E-state index contributed by atoms with van der Waals surface area (Å²) in [5.74, 6) is -1.18. The fourth-order valence-corrected chi connectivity index (χ4v) is 3.43. The number of carbonyl (C=O) groups is 2. The second-order valence-corrected chi connectivity index (χ2v) is 10.1. The van der Waals surface area contributed by atoms with E-state index in [1.807, 2.05) is 12.1 Å². The molecular weight excluding hydrogens is 374 g/mol. The summed E-state index contributed by atoms with van der Waals surface area (Å²) in [4.78, 5) is 26.8. The van der Waals surface area contributed by atoms with E-state index in [2.05, 4.69) is 20.8 Å². The Morgan fingerprint density at radius 3 is 1.86 bits per heavy atom. The molecule has 0 aromatic heterocycles. The molecule has 0 aliphatic heterocycles. The quantitative estimate of drug-likeness (QED) is 0.564. The minimum Gasteiger partial charge on any atom is -0.332 e. The molecule has 6 heteroatoms. The van der Waals surface area contributed by atoms with Crippen molar-refractivity contribution in [3.8, 4) is 0 Å². The maximum absolute atomic E-state index is 12.6. The van der Waals surface area contributed by atoms with E-state index in [0.29, 0.717) is 5.56 Å². The fourth-order valence-electron chi connectivity index (χ4n) is 2.80. The number of likely N-dealkylation sites (N-methyl/N-ethyl adjacent to an activating group) is 1. The van der Waals surface area contributed by atoms with Gasteiger partial charge in [0.25, 0.3) is 5.91 Å². The summed E-state index contributed by atoms with van der Waals surface area (Å²) < 4.78 is 23.2. The molecule has 0 saturated heterocycles. The monoisotopic (exact) mass is 401 g/mol. The van der Waals surface area contributed by atoms with Crippen LogP contribution in [0.1, 0.15) is 55.2 Å². The van der Waals surface area contributed by atoms with Gasteiger partial charge in [-0.3, -0.25) is 9.59 Å². The Hall–Kier alpha value is -2.47. The maximum atomic E-state index is 12.6. The first-order chi connectivity index (χ1) is 12.8. The van der Waals surface area contributed by atoms with E-state index >= 15 is 0 Å². The number of nitrogens with zero attached hydrogens (tertiary/aromatic N) is 1. The molecule has 28 heavy (non-hydrogen) atoms. The number of Topliss-reactive ketones (excluding diaryl/α,β-unsaturated/α-hetero) is 1. The van der Waals surface area contributed by atoms with E-state index in [-0.39, 0.29) is 16.4 Å². The minimum atomic E-state index is -3.28. The Bertz CT molecular complexity index is 969. The lowest BCUT2D eigenvalue weighted by atomic mass is 9.86. The first-order valence-corrected chi connectivity index (χ1v) is 10.9. The summed E-state index contributed by atoms with van der Waals surface area (Å²) in [7, 11) is -1.71. The summed E-state index contributed by atoms with van der Waals surface area (Å²) >= 11 is 0. The van der Waals surface area contributed by atoms with Gasteiger partial charge in [-0.05, 0) is 35.6 Å². The van der Waals surface area contributed by atoms with Crippen molar-refractivity contribution in [2.24, 2.45) is 0 Å². The third-order valence-corrected chi connectivity index (χ3v) is 6.03. The number of hydrogen-bond donors (Lipinski definition) is 0. The molecule has 0 aliphatic carbocycles. The smallest absolute Gasteiger partial charge is 0.295 e. The van der Waals surface area contributed by atoms with Crippen LogP contribution in [0.2, 0.25) is 0 Å². The van der Waals surface area contributed by atoms with Crippen LogP contribution < -0.4 is 0 Å². The summed E-state index contributed by atoms with van der Waals surface area (Å²) in [6.07, 6.45) is 1.14. The average Bonchev–Trinajstić information content (AvgIpc) is 2.64. The number of ketones is 1. The second-order valence-electron chi connectivity index (χ2n) is 8.09. The lowest BCUT2D eigenvalue weighted by Crippen LogP contribution is -2.35. The zero-order valence-corrected chi connectivity index (χ0v) is 18.0. The van der Waals surface area contributed by atoms with Gasteiger partial charge in [0.1, 0.15) is 0 Å². The van der Waals surface area contributed by atoms with Crippen LogP contribution in [0.4, 0.5) is 0 Å². The number of sulfone groups is 1. The van der Waals surface area contributed by atoms with Crippen LogP contribution in [-0.4, -0.2) is 38.3 Å². The van der Waals surface area contributed by atoms with Gasteiger partial charge in [-0.15, -0.1) is 0 Å². The van der Waals surface area contributed by atoms with Gasteiger partial charge in [0.2, 0.25) is 5.78 Å². The molecule has 5 nitrogen and oxygen atoms in total. The molecule has 1 amide bonds. The first kappa shape index (κ1) is 21.8. The summed E-state index contributed by atoms with van der Waals surface area (Å²) in [5, 5.41) is 0. The van der Waals surface area contributed by atoms with Crippen molar-refractivity contribution in [2.75, 3.05) is 13.3 Å². The van der Waals surface area contributed by atoms with Crippen molar-refractivity contribution >= 4 is 21.5 Å². The molecule has 0 N–H and O–H groups in total. The minimum absolute atomic E-state index is 0.0327. The maximum Gasteiger partial charge on any atom is 0.295 e. The summed E-state index contributed by atoms with van der Waals surface area (Å²) in [5.41, 5.74) is 2.16. The third-order valence-electron chi connectivity index (χ3n) is 4.90. The number of amides is 1. The average molecular weight is 402 g/mol. The van der Waals surface area contributed by atoms with Gasteiger partial charge in [-0.2, -0.15) is 0 Å². The Morgan fingerprint density at radius 1 is 0.929 bits per heavy atom. The first-order valence-electron chi connectivity index (χ1n) is 9.04. The zero-order chi connectivity index (χ0) is 21.3. The highest BCUT2D eigenvalue weighted by Crippen LogP contribution is 2.24. The van der Waals surface area contributed by atoms with E-state index in [9.17, 15) is 18.0 Å². The van der Waals surface area contributed by atoms with Crippen molar-refractivity contribution in [1.82, 2.24) is 4.90 Å². The van der Waals surface area contributed by atoms with Crippen LogP contribution in [0.5, 0.6) is 0 Å². The van der Waals surface area contributed by atoms with E-state index in [1.54, 1.807) is 38.2 Å². The van der Waals surface area contributed by atoms with Gasteiger partial charge in [-0.1, -0.05) is 57.2 Å². The molecule has 1 atom stereocenters. The van der Waals surface area contributed by atoms with Gasteiger partial charge in [-0.25, -0.2) is 8.42 Å². The predicted octanol–water partition coefficient (Wildman–Crippen LogP) is 3.79. The van der Waals surface area contributed by atoms with Gasteiger partial charge >= 0.3 is 0 Å². The summed E-state index contributed by atoms with van der Waals surface area (Å²) in [6, 6.07) is 13.1. The van der Waals surface area contributed by atoms with Gasteiger partial charge in [0.15, 0.2) is 9.84 Å². The number of carbonyl (C=O) groups excluding carboxylic acids is 2. The molecule has 2 aromatic rings. The highest BCUT2D eigenvalue weighted by Gasteiger charge is 2.25. The van der Waals surface area contributed by atoms with Crippen LogP contribution in [0.15, 0.2) is 53.4 Å². The molecule has 2 aromatic carbocycles. The molecule has 0 spiro atoms. The molecule has 0 aliphatic rings. The van der Waals surface area contributed by atoms with Gasteiger partial charge < -0.3 is 4.90 Å². The molecule has 2 rings (SSSR count). The van der Waals surface area contributed by atoms with Crippen molar-refractivity contribution < 1.29 is 18.0 Å². The molecule has 0 saturated carbocycles. The lowest BCUT2D eigenvalue weighted by Gasteiger charge is -2.25. The van der Waals surface area contributed by atoms with Crippen LogP contribution in [0, 0.1) is 0 Å². The van der Waals surface area contributed by atoms with Crippen molar-refractivity contribution in [3.05, 3.63) is 65.2 Å². The predicted molar refractivity (Wildman–Crippen MR) is 110 cm³/mol. The standard InChI is InChI=1S/C22H27NO4S/c1-15(16-9-13-19(14-10-16)28(6,26)27)23(5)21(25)20(24)17-7-11-18(12-8-17)22(2,3)4/h7-15H,1-6H3. The topological polar surface area (TPSA) is 71.5 Å². The normalized spacial score (nSPS) is 13.1. The molecular formula is C22H27NO4S. The van der Waals surface area contributed by atoms with Gasteiger partial charge in [0.05, 0.1) is 10.9 Å². The van der Waals surface area contributed by atoms with Crippen LogP contribution in [-0.2, 0) is 20.0 Å². The highest BCUT2D eigenvalue weighted by molar-refractivity contribution is 7.90. The molecule has 0 fully saturated rings. The summed E-state index contributed by atoms with van der Waals surface area (Å²) in [6.45, 7) is 8.04. The largest absolute Gasteiger partial charge is 0.332 e. The SMILES string of the molecule is CC(c1ccc(S(C)(=O)=O)cc1)N(C)C(=O)C(=O)c1ccc(C(C)(C)C)cc1. The van der Waals surface area contributed by atoms with E-state index < -0.39 is 21.5 Å². The Labute approximate surface area is 167 Å². The van der Waals surface area contributed by atoms with Crippen LogP contribution in [0.3, 0.4) is 0 Å². The van der Waals surface area contributed by atoms with Crippen LogP contribution in [0.25, 0.3) is 0 Å². The Balaban J connectivity index is 2.17. The molecule has 1 unspecified atom stereocenters. The number of benzene rings is 2. The van der Waals surface area contributed by atoms with Crippen molar-refractivity contribution in [2.45, 2.75) is 44.0 Å². The molecule has 0 radical (unpaired) electrons. The second kappa shape index (κ2) is 7.87. The fraction of sp³-hybridized carbons (Fsp3) is 0.364. The Kier molecular flexibility index (Phi) is 6.14. The van der Waals surface area contributed by atoms with Crippen molar-refractivity contribution in [1.29, 1.82) is 0 Å². The van der Waals surface area contributed by atoms with E-state index in [4.69, 9.17) is 0 Å². The third kappa shape index (κ3) is 4.87. The number of hydrogen-bond acceptors (Lipinski definition) is 4. The van der Waals surface area contributed by atoms with Gasteiger partial charge in [0, 0.05) is 18.9 Å². The van der Waals surface area contributed by atoms with Crippen LogP contribution >= 0.6 is 0 Å². The van der Waals surface area contributed by atoms with E-state index in [1.165, 1.54) is 17.0 Å². The van der Waals surface area contributed by atoms with E-state index in [0.717, 1.165) is 17.4 Å².